The standard InChI is InChI=1S/C12H18N2O4/c1-3-17-11-7-9(8-12(13)18-4-2)5-6-10(11)14(15)16/h5-7,12H,3-4,8,13H2,1-2H3. The number of hydrogen-bond donors (Lipinski definition) is 1. The van der Waals surface area contributed by atoms with Crippen molar-refractivity contribution in [2.24, 2.45) is 5.73 Å². The van der Waals surface area contributed by atoms with Gasteiger partial charge < -0.3 is 15.2 Å². The third-order valence-corrected chi connectivity index (χ3v) is 2.34. The Labute approximate surface area is 106 Å². The largest absolute Gasteiger partial charge is 0.487 e. The van der Waals surface area contributed by atoms with E-state index in [4.69, 9.17) is 15.2 Å². The predicted octanol–water partition coefficient (Wildman–Crippen LogP) is 1.86. The molecule has 0 aliphatic heterocycles. The van der Waals surface area contributed by atoms with E-state index in [2.05, 4.69) is 0 Å². The van der Waals surface area contributed by atoms with Gasteiger partial charge >= 0.3 is 5.69 Å². The van der Waals surface area contributed by atoms with Crippen LogP contribution in [0.1, 0.15) is 19.4 Å². The van der Waals surface area contributed by atoms with Gasteiger partial charge in [-0.05, 0) is 25.5 Å². The van der Waals surface area contributed by atoms with Crippen LogP contribution < -0.4 is 10.5 Å². The van der Waals surface area contributed by atoms with Crippen molar-refractivity contribution in [2.75, 3.05) is 13.2 Å². The molecule has 2 N–H and O–H groups in total. The molecule has 100 valence electrons. The SMILES string of the molecule is CCOc1cc(CC(N)OCC)ccc1[N+](=O)[O-]. The monoisotopic (exact) mass is 254 g/mol. The van der Waals surface area contributed by atoms with Crippen LogP contribution >= 0.6 is 0 Å². The summed E-state index contributed by atoms with van der Waals surface area (Å²) < 4.78 is 10.5. The van der Waals surface area contributed by atoms with E-state index in [1.807, 2.05) is 6.92 Å². The molecule has 1 aromatic carbocycles. The topological polar surface area (TPSA) is 87.6 Å². The smallest absolute Gasteiger partial charge is 0.310 e. The molecule has 0 saturated heterocycles. The Morgan fingerprint density at radius 1 is 1.39 bits per heavy atom. The van der Waals surface area contributed by atoms with Crippen LogP contribution in [0, 0.1) is 10.1 Å². The number of nitrogens with two attached hydrogens (primary N) is 1. The first-order chi connectivity index (χ1) is 8.58. The van der Waals surface area contributed by atoms with Gasteiger partial charge in [-0.1, -0.05) is 6.07 Å². The van der Waals surface area contributed by atoms with Crippen LogP contribution in [0.15, 0.2) is 18.2 Å². The van der Waals surface area contributed by atoms with Gasteiger partial charge in [0.25, 0.3) is 0 Å². The summed E-state index contributed by atoms with van der Waals surface area (Å²) >= 11 is 0. The summed E-state index contributed by atoms with van der Waals surface area (Å²) in [6.45, 7) is 4.55. The van der Waals surface area contributed by atoms with Gasteiger partial charge in [0.1, 0.15) is 6.23 Å². The van der Waals surface area contributed by atoms with Gasteiger partial charge in [0, 0.05) is 19.1 Å². The average Bonchev–Trinajstić information content (AvgIpc) is 2.29. The van der Waals surface area contributed by atoms with Crippen molar-refractivity contribution in [3.8, 4) is 5.75 Å². The minimum atomic E-state index is -0.461. The van der Waals surface area contributed by atoms with E-state index in [0.717, 1.165) is 5.56 Å². The average molecular weight is 254 g/mol. The number of hydrogen-bond acceptors (Lipinski definition) is 5. The highest BCUT2D eigenvalue weighted by atomic mass is 16.6. The number of benzene rings is 1. The molecule has 0 aliphatic carbocycles. The second-order valence-corrected chi connectivity index (χ2v) is 3.69. The maximum absolute atomic E-state index is 10.8. The second-order valence-electron chi connectivity index (χ2n) is 3.69. The molecule has 1 atom stereocenters. The summed E-state index contributed by atoms with van der Waals surface area (Å²) in [6, 6.07) is 4.74. The summed E-state index contributed by atoms with van der Waals surface area (Å²) in [6.07, 6.45) is 0.0808. The molecule has 18 heavy (non-hydrogen) atoms. The normalized spacial score (nSPS) is 12.2. The third kappa shape index (κ3) is 3.97. The lowest BCUT2D eigenvalue weighted by molar-refractivity contribution is -0.385. The zero-order valence-electron chi connectivity index (χ0n) is 10.6. The molecular formula is C12H18N2O4. The van der Waals surface area contributed by atoms with Crippen LogP contribution in [0.4, 0.5) is 5.69 Å². The first-order valence-electron chi connectivity index (χ1n) is 5.85. The number of nitro groups is 1. The van der Waals surface area contributed by atoms with Crippen molar-refractivity contribution in [3.63, 3.8) is 0 Å². The zero-order valence-corrected chi connectivity index (χ0v) is 10.6. The summed E-state index contributed by atoms with van der Waals surface area (Å²) in [4.78, 5) is 10.3. The van der Waals surface area contributed by atoms with Crippen LogP contribution in [-0.4, -0.2) is 24.4 Å². The molecule has 0 radical (unpaired) electrons. The minimum absolute atomic E-state index is 0.0365. The Hall–Kier alpha value is -1.66. The molecule has 0 saturated carbocycles. The predicted molar refractivity (Wildman–Crippen MR) is 67.6 cm³/mol. The van der Waals surface area contributed by atoms with Gasteiger partial charge in [0.05, 0.1) is 11.5 Å². The van der Waals surface area contributed by atoms with E-state index in [0.29, 0.717) is 19.6 Å². The molecule has 0 bridgehead atoms. The fourth-order valence-corrected chi connectivity index (χ4v) is 1.61. The fraction of sp³-hybridized carbons (Fsp3) is 0.500. The van der Waals surface area contributed by atoms with Gasteiger partial charge in [-0.15, -0.1) is 0 Å². The van der Waals surface area contributed by atoms with Gasteiger partial charge in [0.2, 0.25) is 0 Å². The molecule has 1 rings (SSSR count). The first-order valence-corrected chi connectivity index (χ1v) is 5.85. The highest BCUT2D eigenvalue weighted by molar-refractivity contribution is 5.48. The van der Waals surface area contributed by atoms with Crippen molar-refractivity contribution >= 4 is 5.69 Å². The van der Waals surface area contributed by atoms with E-state index in [1.165, 1.54) is 6.07 Å². The molecule has 0 aromatic heterocycles. The maximum Gasteiger partial charge on any atom is 0.310 e. The molecule has 1 unspecified atom stereocenters. The van der Waals surface area contributed by atoms with Gasteiger partial charge in [-0.25, -0.2) is 0 Å². The lowest BCUT2D eigenvalue weighted by Crippen LogP contribution is -2.26. The van der Waals surface area contributed by atoms with Crippen LogP contribution in [0.25, 0.3) is 0 Å². The quantitative estimate of drug-likeness (QED) is 0.456. The van der Waals surface area contributed by atoms with Gasteiger partial charge in [-0.3, -0.25) is 10.1 Å². The lowest BCUT2D eigenvalue weighted by atomic mass is 10.1. The molecule has 1 aromatic rings. The summed E-state index contributed by atoms with van der Waals surface area (Å²) in [7, 11) is 0. The summed E-state index contributed by atoms with van der Waals surface area (Å²) in [5, 5.41) is 10.8. The van der Waals surface area contributed by atoms with Crippen molar-refractivity contribution in [2.45, 2.75) is 26.5 Å². The molecule has 0 heterocycles. The second kappa shape index (κ2) is 6.93. The van der Waals surface area contributed by atoms with Crippen LogP contribution in [0.2, 0.25) is 0 Å². The lowest BCUT2D eigenvalue weighted by Gasteiger charge is -2.12. The van der Waals surface area contributed by atoms with Crippen molar-refractivity contribution in [3.05, 3.63) is 33.9 Å². The summed E-state index contributed by atoms with van der Waals surface area (Å²) in [5.41, 5.74) is 6.56. The van der Waals surface area contributed by atoms with Crippen molar-refractivity contribution < 1.29 is 14.4 Å². The van der Waals surface area contributed by atoms with E-state index >= 15 is 0 Å². The number of ether oxygens (including phenoxy) is 2. The first kappa shape index (κ1) is 14.4. The van der Waals surface area contributed by atoms with Crippen LogP contribution in [0.3, 0.4) is 0 Å². The minimum Gasteiger partial charge on any atom is -0.487 e. The molecule has 0 aliphatic rings. The highest BCUT2D eigenvalue weighted by Gasteiger charge is 2.16. The fourth-order valence-electron chi connectivity index (χ4n) is 1.61. The van der Waals surface area contributed by atoms with E-state index in [1.54, 1.807) is 19.1 Å². The van der Waals surface area contributed by atoms with E-state index < -0.39 is 11.2 Å². The number of nitro benzene ring substituents is 1. The van der Waals surface area contributed by atoms with Crippen molar-refractivity contribution in [1.82, 2.24) is 0 Å². The van der Waals surface area contributed by atoms with Gasteiger partial charge in [0.15, 0.2) is 5.75 Å². The highest BCUT2D eigenvalue weighted by Crippen LogP contribution is 2.28. The Bertz CT molecular complexity index is 409. The summed E-state index contributed by atoms with van der Waals surface area (Å²) in [5.74, 6) is 0.267. The molecular weight excluding hydrogens is 236 g/mol. The molecule has 0 spiro atoms. The molecule has 6 nitrogen and oxygen atoms in total. The Morgan fingerprint density at radius 2 is 2.11 bits per heavy atom. The molecule has 6 heteroatoms. The number of rotatable bonds is 7. The van der Waals surface area contributed by atoms with Crippen LogP contribution in [0.5, 0.6) is 5.75 Å². The maximum atomic E-state index is 10.8. The van der Waals surface area contributed by atoms with Crippen molar-refractivity contribution in [1.29, 1.82) is 0 Å². The van der Waals surface area contributed by atoms with Gasteiger partial charge in [-0.2, -0.15) is 0 Å². The Kier molecular flexibility index (Phi) is 5.54. The third-order valence-electron chi connectivity index (χ3n) is 2.34. The molecule has 0 amide bonds. The Balaban J connectivity index is 2.88. The van der Waals surface area contributed by atoms with E-state index in [9.17, 15) is 10.1 Å². The van der Waals surface area contributed by atoms with E-state index in [-0.39, 0.29) is 11.4 Å². The van der Waals surface area contributed by atoms with Crippen LogP contribution in [-0.2, 0) is 11.2 Å². The number of nitrogens with zero attached hydrogens (tertiary/aromatic N) is 1. The zero-order chi connectivity index (χ0) is 13.5. The molecule has 0 fully saturated rings. The Morgan fingerprint density at radius 3 is 2.67 bits per heavy atom.